The van der Waals surface area contributed by atoms with E-state index < -0.39 is 11.8 Å². The van der Waals surface area contributed by atoms with Gasteiger partial charge in [0, 0.05) is 30.3 Å². The molecule has 2 N–H and O–H groups in total. The first kappa shape index (κ1) is 21.6. The van der Waals surface area contributed by atoms with Crippen LogP contribution in [-0.4, -0.2) is 48.9 Å². The summed E-state index contributed by atoms with van der Waals surface area (Å²) in [4.78, 5) is 38.1. The van der Waals surface area contributed by atoms with Crippen LogP contribution < -0.4 is 15.4 Å². The lowest BCUT2D eigenvalue weighted by atomic mass is 9.96. The van der Waals surface area contributed by atoms with Crippen molar-refractivity contribution in [3.05, 3.63) is 59.6 Å². The third-order valence-electron chi connectivity index (χ3n) is 4.91. The van der Waals surface area contributed by atoms with E-state index in [1.807, 2.05) is 30.3 Å². The molecule has 0 radical (unpaired) electrons. The Balaban J connectivity index is 1.35. The number of nitrogens with one attached hydrogen (secondary N) is 2. The Morgan fingerprint density at radius 3 is 2.43 bits per heavy atom. The molecule has 158 valence electrons. The fourth-order valence-corrected chi connectivity index (χ4v) is 3.40. The van der Waals surface area contributed by atoms with Crippen LogP contribution in [0.1, 0.15) is 12.8 Å². The van der Waals surface area contributed by atoms with Crippen LogP contribution in [0.4, 0.5) is 5.69 Å². The summed E-state index contributed by atoms with van der Waals surface area (Å²) in [5.41, 5.74) is 0.465. The summed E-state index contributed by atoms with van der Waals surface area (Å²) in [5.74, 6) is -0.596. The highest BCUT2D eigenvalue weighted by Gasteiger charge is 2.24. The van der Waals surface area contributed by atoms with Crippen LogP contribution in [0.2, 0.25) is 5.02 Å². The quantitative estimate of drug-likeness (QED) is 0.691. The molecule has 3 rings (SSSR count). The van der Waals surface area contributed by atoms with E-state index in [9.17, 15) is 14.4 Å². The van der Waals surface area contributed by atoms with Crippen molar-refractivity contribution in [2.45, 2.75) is 12.8 Å². The Morgan fingerprint density at radius 2 is 1.73 bits per heavy atom. The molecule has 0 aromatic heterocycles. The van der Waals surface area contributed by atoms with Crippen LogP contribution >= 0.6 is 11.6 Å². The minimum Gasteiger partial charge on any atom is -0.484 e. The number of rotatable bonds is 6. The number of ether oxygens (including phenoxy) is 1. The first-order valence-corrected chi connectivity index (χ1v) is 10.2. The zero-order valence-electron chi connectivity index (χ0n) is 16.5. The second-order valence-corrected chi connectivity index (χ2v) is 7.54. The van der Waals surface area contributed by atoms with Gasteiger partial charge in [0.15, 0.2) is 6.61 Å². The van der Waals surface area contributed by atoms with Gasteiger partial charge in [-0.1, -0.05) is 35.9 Å². The predicted octanol–water partition coefficient (Wildman–Crippen LogP) is 2.71. The molecule has 3 amide bonds. The maximum Gasteiger partial charge on any atom is 0.313 e. The van der Waals surface area contributed by atoms with Gasteiger partial charge in [0.05, 0.1) is 0 Å². The number of carbonyl (C=O) groups excluding carboxylic acids is 3. The monoisotopic (exact) mass is 429 g/mol. The third-order valence-corrected chi connectivity index (χ3v) is 5.15. The van der Waals surface area contributed by atoms with E-state index in [1.165, 1.54) is 0 Å². The lowest BCUT2D eigenvalue weighted by Gasteiger charge is -2.32. The Bertz CT molecular complexity index is 883. The number of amides is 3. The van der Waals surface area contributed by atoms with Gasteiger partial charge in [-0.25, -0.2) is 0 Å². The van der Waals surface area contributed by atoms with Crippen LogP contribution in [0.3, 0.4) is 0 Å². The minimum atomic E-state index is -0.733. The van der Waals surface area contributed by atoms with Crippen molar-refractivity contribution in [1.82, 2.24) is 10.2 Å². The van der Waals surface area contributed by atoms with Crippen molar-refractivity contribution in [2.24, 2.45) is 5.92 Å². The van der Waals surface area contributed by atoms with Crippen molar-refractivity contribution < 1.29 is 19.1 Å². The topological polar surface area (TPSA) is 87.7 Å². The summed E-state index contributed by atoms with van der Waals surface area (Å²) >= 11 is 5.87. The maximum atomic E-state index is 12.3. The van der Waals surface area contributed by atoms with E-state index in [0.29, 0.717) is 36.1 Å². The zero-order valence-corrected chi connectivity index (χ0v) is 17.2. The molecule has 0 saturated carbocycles. The van der Waals surface area contributed by atoms with Gasteiger partial charge in [0.25, 0.3) is 5.91 Å². The second-order valence-electron chi connectivity index (χ2n) is 7.10. The summed E-state index contributed by atoms with van der Waals surface area (Å²) in [5, 5.41) is 5.66. The first-order chi connectivity index (χ1) is 14.5. The van der Waals surface area contributed by atoms with Crippen LogP contribution in [-0.2, 0) is 14.4 Å². The Kier molecular flexibility index (Phi) is 7.68. The Morgan fingerprint density at radius 1 is 1.00 bits per heavy atom. The number of halogens is 1. The summed E-state index contributed by atoms with van der Waals surface area (Å²) in [6.45, 7) is 1.61. The van der Waals surface area contributed by atoms with E-state index >= 15 is 0 Å². The third kappa shape index (κ3) is 6.49. The molecule has 0 bridgehead atoms. The number of likely N-dealkylation sites (tertiary alicyclic amines) is 1. The molecule has 1 saturated heterocycles. The summed E-state index contributed by atoms with van der Waals surface area (Å²) in [6.07, 6.45) is 1.51. The van der Waals surface area contributed by atoms with Crippen molar-refractivity contribution in [3.8, 4) is 5.75 Å². The van der Waals surface area contributed by atoms with Gasteiger partial charge < -0.3 is 20.3 Å². The Hall–Kier alpha value is -3.06. The molecular formula is C22H24ClN3O4. The molecule has 30 heavy (non-hydrogen) atoms. The predicted molar refractivity (Wildman–Crippen MR) is 114 cm³/mol. The van der Waals surface area contributed by atoms with Crippen LogP contribution in [0, 0.1) is 5.92 Å². The molecule has 2 aromatic carbocycles. The minimum absolute atomic E-state index is 0.00902. The number of hydrogen-bond acceptors (Lipinski definition) is 4. The van der Waals surface area contributed by atoms with Gasteiger partial charge >= 0.3 is 11.8 Å². The molecule has 8 heteroatoms. The van der Waals surface area contributed by atoms with Crippen molar-refractivity contribution >= 4 is 35.0 Å². The molecular weight excluding hydrogens is 406 g/mol. The molecule has 1 heterocycles. The lowest BCUT2D eigenvalue weighted by Crippen LogP contribution is -2.44. The number of anilines is 1. The fourth-order valence-electron chi connectivity index (χ4n) is 3.21. The van der Waals surface area contributed by atoms with E-state index in [1.54, 1.807) is 29.2 Å². The molecule has 0 unspecified atom stereocenters. The fraction of sp³-hybridized carbons (Fsp3) is 0.318. The van der Waals surface area contributed by atoms with Gasteiger partial charge in [-0.2, -0.15) is 0 Å². The summed E-state index contributed by atoms with van der Waals surface area (Å²) in [6, 6.07) is 15.8. The normalized spacial score (nSPS) is 14.1. The SMILES string of the molecule is O=C(NCC1CCN(C(=O)COc2ccccc2)CC1)C(=O)Nc1cccc(Cl)c1. The average molecular weight is 430 g/mol. The molecule has 1 fully saturated rings. The number of carbonyl (C=O) groups is 3. The van der Waals surface area contributed by atoms with Crippen LogP contribution in [0.25, 0.3) is 0 Å². The summed E-state index contributed by atoms with van der Waals surface area (Å²) < 4.78 is 5.51. The number of nitrogens with zero attached hydrogens (tertiary/aromatic N) is 1. The van der Waals surface area contributed by atoms with Gasteiger partial charge in [0.2, 0.25) is 0 Å². The standard InChI is InChI=1S/C22H24ClN3O4/c23-17-5-4-6-18(13-17)25-22(29)21(28)24-14-16-9-11-26(12-10-16)20(27)15-30-19-7-2-1-3-8-19/h1-8,13,16H,9-12,14-15H2,(H,24,28)(H,25,29). The number of para-hydroxylation sites is 1. The van der Waals surface area contributed by atoms with Gasteiger partial charge in [-0.05, 0) is 49.1 Å². The number of piperidine rings is 1. The second kappa shape index (κ2) is 10.6. The highest BCUT2D eigenvalue weighted by atomic mass is 35.5. The highest BCUT2D eigenvalue weighted by Crippen LogP contribution is 2.17. The summed E-state index contributed by atoms with van der Waals surface area (Å²) in [7, 11) is 0. The van der Waals surface area contributed by atoms with Crippen LogP contribution in [0.5, 0.6) is 5.75 Å². The molecule has 0 atom stereocenters. The zero-order chi connectivity index (χ0) is 21.3. The molecule has 0 aliphatic carbocycles. The first-order valence-electron chi connectivity index (χ1n) is 9.81. The maximum absolute atomic E-state index is 12.3. The van der Waals surface area contributed by atoms with Gasteiger partial charge in [-0.3, -0.25) is 14.4 Å². The van der Waals surface area contributed by atoms with E-state index in [2.05, 4.69) is 10.6 Å². The molecule has 2 aromatic rings. The Labute approximate surface area is 180 Å². The molecule has 7 nitrogen and oxygen atoms in total. The lowest BCUT2D eigenvalue weighted by molar-refractivity contribution is -0.136. The largest absolute Gasteiger partial charge is 0.484 e. The molecule has 1 aliphatic heterocycles. The van der Waals surface area contributed by atoms with E-state index in [4.69, 9.17) is 16.3 Å². The highest BCUT2D eigenvalue weighted by molar-refractivity contribution is 6.39. The van der Waals surface area contributed by atoms with E-state index in [0.717, 1.165) is 12.8 Å². The molecule has 1 aliphatic rings. The van der Waals surface area contributed by atoms with Crippen molar-refractivity contribution in [2.75, 3.05) is 31.6 Å². The molecule has 0 spiro atoms. The van der Waals surface area contributed by atoms with Crippen LogP contribution in [0.15, 0.2) is 54.6 Å². The van der Waals surface area contributed by atoms with Gasteiger partial charge in [0.1, 0.15) is 5.75 Å². The smallest absolute Gasteiger partial charge is 0.313 e. The van der Waals surface area contributed by atoms with E-state index in [-0.39, 0.29) is 18.4 Å². The van der Waals surface area contributed by atoms with Gasteiger partial charge in [-0.15, -0.1) is 0 Å². The number of hydrogen-bond donors (Lipinski definition) is 2. The van der Waals surface area contributed by atoms with Crippen molar-refractivity contribution in [3.63, 3.8) is 0 Å². The van der Waals surface area contributed by atoms with Crippen molar-refractivity contribution in [1.29, 1.82) is 0 Å². The average Bonchev–Trinajstić information content (AvgIpc) is 2.77. The number of benzene rings is 2.